The fraction of sp³-hybridized carbons (Fsp3) is 0.522. The van der Waals surface area contributed by atoms with Crippen molar-refractivity contribution in [1.29, 1.82) is 0 Å². The van der Waals surface area contributed by atoms with Crippen LogP contribution in [0.1, 0.15) is 59.2 Å². The summed E-state index contributed by atoms with van der Waals surface area (Å²) in [7, 11) is 0. The van der Waals surface area contributed by atoms with Gasteiger partial charge in [0.15, 0.2) is 5.78 Å². The van der Waals surface area contributed by atoms with Gasteiger partial charge in [-0.1, -0.05) is 0 Å². The first-order valence-electron chi connectivity index (χ1n) is 10.8. The second-order valence-corrected chi connectivity index (χ2v) is 8.50. The second kappa shape index (κ2) is 8.96. The van der Waals surface area contributed by atoms with Gasteiger partial charge in [-0.3, -0.25) is 14.2 Å². The van der Waals surface area contributed by atoms with Gasteiger partial charge in [0.25, 0.3) is 5.56 Å². The number of benzene rings is 1. The van der Waals surface area contributed by atoms with E-state index in [1.165, 1.54) is 6.07 Å². The van der Waals surface area contributed by atoms with Crippen LogP contribution in [-0.2, 0) is 13.0 Å². The van der Waals surface area contributed by atoms with Crippen LogP contribution in [0.15, 0.2) is 23.0 Å². The Balaban J connectivity index is 1.37. The van der Waals surface area contributed by atoms with Gasteiger partial charge in [0.1, 0.15) is 23.6 Å². The number of likely N-dealkylation sites (tertiary alicyclic amines) is 1. The van der Waals surface area contributed by atoms with E-state index >= 15 is 0 Å². The highest BCUT2D eigenvalue weighted by atomic mass is 19.1. The molecule has 1 unspecified atom stereocenters. The van der Waals surface area contributed by atoms with E-state index in [0.717, 1.165) is 18.6 Å². The van der Waals surface area contributed by atoms with Crippen LogP contribution in [0.3, 0.4) is 0 Å². The molecule has 2 aliphatic heterocycles. The molecule has 4 rings (SSSR count). The zero-order valence-electron chi connectivity index (χ0n) is 17.6. The van der Waals surface area contributed by atoms with E-state index in [4.69, 9.17) is 0 Å². The van der Waals surface area contributed by atoms with Crippen molar-refractivity contribution in [2.75, 3.05) is 19.6 Å². The van der Waals surface area contributed by atoms with Crippen molar-refractivity contribution in [1.82, 2.24) is 14.5 Å². The summed E-state index contributed by atoms with van der Waals surface area (Å²) in [5, 5.41) is 10.1. The molecular formula is C23H27F2N3O3. The lowest BCUT2D eigenvalue weighted by Gasteiger charge is -2.31. The van der Waals surface area contributed by atoms with Crippen molar-refractivity contribution in [3.8, 4) is 0 Å². The third kappa shape index (κ3) is 4.45. The fourth-order valence-corrected chi connectivity index (χ4v) is 4.65. The molecule has 1 aromatic heterocycles. The molecule has 0 bridgehead atoms. The third-order valence-corrected chi connectivity index (χ3v) is 6.49. The SMILES string of the molecule is Cc1nc2n(c(=O)c1CCN1CCC(C(=O)c3ccc(F)cc3F)CC1)CCCC2O. The van der Waals surface area contributed by atoms with Crippen LogP contribution in [0.5, 0.6) is 0 Å². The average Bonchev–Trinajstić information content (AvgIpc) is 2.74. The van der Waals surface area contributed by atoms with Crippen LogP contribution in [0, 0.1) is 24.5 Å². The van der Waals surface area contributed by atoms with Gasteiger partial charge in [0.2, 0.25) is 0 Å². The molecule has 166 valence electrons. The summed E-state index contributed by atoms with van der Waals surface area (Å²) in [5.74, 6) is -1.60. The molecule has 31 heavy (non-hydrogen) atoms. The Labute approximate surface area is 179 Å². The van der Waals surface area contributed by atoms with Crippen LogP contribution >= 0.6 is 0 Å². The molecule has 0 spiro atoms. The maximum atomic E-state index is 13.9. The molecule has 6 nitrogen and oxygen atoms in total. The van der Waals surface area contributed by atoms with Gasteiger partial charge in [-0.05, 0) is 64.3 Å². The first-order chi connectivity index (χ1) is 14.8. The first kappa shape index (κ1) is 21.8. The monoisotopic (exact) mass is 431 g/mol. The first-order valence-corrected chi connectivity index (χ1v) is 10.8. The van der Waals surface area contributed by atoms with E-state index in [1.807, 2.05) is 0 Å². The summed E-state index contributed by atoms with van der Waals surface area (Å²) in [6, 6.07) is 3.07. The maximum absolute atomic E-state index is 13.9. The lowest BCUT2D eigenvalue weighted by atomic mass is 9.88. The van der Waals surface area contributed by atoms with Crippen LogP contribution in [0.2, 0.25) is 0 Å². The van der Waals surface area contributed by atoms with Crippen LogP contribution < -0.4 is 5.56 Å². The molecule has 2 aromatic rings. The molecule has 0 aliphatic carbocycles. The predicted molar refractivity (Wildman–Crippen MR) is 111 cm³/mol. The number of aryl methyl sites for hydroxylation is 1. The minimum absolute atomic E-state index is 0.0502. The van der Waals surface area contributed by atoms with E-state index in [9.17, 15) is 23.5 Å². The molecule has 1 fully saturated rings. The highest BCUT2D eigenvalue weighted by Gasteiger charge is 2.28. The Kier molecular flexibility index (Phi) is 6.29. The predicted octanol–water partition coefficient (Wildman–Crippen LogP) is 2.79. The Hall–Kier alpha value is -2.45. The molecule has 1 N–H and O–H groups in total. The molecule has 8 heteroatoms. The maximum Gasteiger partial charge on any atom is 0.257 e. The molecule has 1 aromatic carbocycles. The van der Waals surface area contributed by atoms with Gasteiger partial charge in [0, 0.05) is 36.3 Å². The van der Waals surface area contributed by atoms with Crippen molar-refractivity contribution < 1.29 is 18.7 Å². The minimum atomic E-state index is -0.812. The zero-order chi connectivity index (χ0) is 22.1. The van der Waals surface area contributed by atoms with E-state index in [2.05, 4.69) is 9.88 Å². The number of carbonyl (C=O) groups excluding carboxylic acids is 1. The topological polar surface area (TPSA) is 75.4 Å². The number of ketones is 1. The average molecular weight is 431 g/mol. The smallest absolute Gasteiger partial charge is 0.257 e. The summed E-state index contributed by atoms with van der Waals surface area (Å²) in [6.45, 7) is 4.42. The van der Waals surface area contributed by atoms with Crippen molar-refractivity contribution in [3.05, 3.63) is 62.8 Å². The van der Waals surface area contributed by atoms with Crippen LogP contribution in [-0.4, -0.2) is 45.0 Å². The number of hydrogen-bond donors (Lipinski definition) is 1. The lowest BCUT2D eigenvalue weighted by molar-refractivity contribution is 0.0836. The van der Waals surface area contributed by atoms with Crippen molar-refractivity contribution in [3.63, 3.8) is 0 Å². The second-order valence-electron chi connectivity index (χ2n) is 8.50. The Morgan fingerprint density at radius 1 is 1.19 bits per heavy atom. The van der Waals surface area contributed by atoms with Gasteiger partial charge >= 0.3 is 0 Å². The summed E-state index contributed by atoms with van der Waals surface area (Å²) < 4.78 is 28.6. The van der Waals surface area contributed by atoms with Crippen molar-refractivity contribution in [2.24, 2.45) is 5.92 Å². The molecule has 0 radical (unpaired) electrons. The van der Waals surface area contributed by atoms with Crippen LogP contribution in [0.4, 0.5) is 8.78 Å². The van der Waals surface area contributed by atoms with E-state index < -0.39 is 17.7 Å². The normalized spacial score (nSPS) is 19.9. The quantitative estimate of drug-likeness (QED) is 0.737. The Bertz CT molecular complexity index is 1050. The number of carbonyl (C=O) groups is 1. The van der Waals surface area contributed by atoms with Crippen molar-refractivity contribution in [2.45, 2.75) is 51.7 Å². The number of hydrogen-bond acceptors (Lipinski definition) is 5. The summed E-state index contributed by atoms with van der Waals surface area (Å²) in [6.07, 6.45) is 2.45. The number of rotatable bonds is 5. The highest BCUT2D eigenvalue weighted by molar-refractivity contribution is 5.98. The van der Waals surface area contributed by atoms with Gasteiger partial charge in [0.05, 0.1) is 5.56 Å². The van der Waals surface area contributed by atoms with Gasteiger partial charge < -0.3 is 10.0 Å². The Morgan fingerprint density at radius 3 is 2.65 bits per heavy atom. The largest absolute Gasteiger partial charge is 0.385 e. The van der Waals surface area contributed by atoms with Gasteiger partial charge in [-0.2, -0.15) is 0 Å². The third-order valence-electron chi connectivity index (χ3n) is 6.49. The minimum Gasteiger partial charge on any atom is -0.385 e. The lowest BCUT2D eigenvalue weighted by Crippen LogP contribution is -2.39. The van der Waals surface area contributed by atoms with E-state index in [0.29, 0.717) is 68.9 Å². The molecule has 1 atom stereocenters. The van der Waals surface area contributed by atoms with Crippen LogP contribution in [0.25, 0.3) is 0 Å². The number of aromatic nitrogens is 2. The summed E-state index contributed by atoms with van der Waals surface area (Å²) in [5.41, 5.74) is 1.21. The van der Waals surface area contributed by atoms with Gasteiger partial charge in [-0.15, -0.1) is 0 Å². The summed E-state index contributed by atoms with van der Waals surface area (Å²) >= 11 is 0. The van der Waals surface area contributed by atoms with E-state index in [1.54, 1.807) is 11.5 Å². The number of halogens is 2. The van der Waals surface area contributed by atoms with E-state index in [-0.39, 0.29) is 22.8 Å². The number of piperidine rings is 1. The van der Waals surface area contributed by atoms with Crippen molar-refractivity contribution >= 4 is 5.78 Å². The molecule has 0 saturated carbocycles. The fourth-order valence-electron chi connectivity index (χ4n) is 4.65. The molecule has 0 amide bonds. The number of nitrogens with zero attached hydrogens (tertiary/aromatic N) is 3. The van der Waals surface area contributed by atoms with Gasteiger partial charge in [-0.25, -0.2) is 13.8 Å². The molecule has 3 heterocycles. The number of aliphatic hydroxyl groups excluding tert-OH is 1. The standard InChI is InChI=1S/C23H27F2N3O3/c1-14-17(23(31)28-9-2-3-20(29)22(28)26-14)8-12-27-10-6-15(7-11-27)21(30)18-5-4-16(24)13-19(18)25/h4-5,13,15,20,29H,2-3,6-12H2,1H3. The highest BCUT2D eigenvalue weighted by Crippen LogP contribution is 2.25. The molecule has 1 saturated heterocycles. The Morgan fingerprint density at radius 2 is 1.94 bits per heavy atom. The summed E-state index contributed by atoms with van der Waals surface area (Å²) in [4.78, 5) is 32.2. The molecular weight excluding hydrogens is 404 g/mol. The number of fused-ring (bicyclic) bond motifs is 1. The molecule has 2 aliphatic rings. The number of aliphatic hydroxyl groups is 1. The zero-order valence-corrected chi connectivity index (χ0v) is 17.6. The number of Topliss-reactive ketones (excluding diaryl/α,β-unsaturated/α-hetero) is 1.